The molecule has 2 aromatic carbocycles. The highest BCUT2D eigenvalue weighted by atomic mass is 79.9. The van der Waals surface area contributed by atoms with Gasteiger partial charge in [0, 0.05) is 17.7 Å². The summed E-state index contributed by atoms with van der Waals surface area (Å²) in [5.74, 6) is -5.04. The molecular weight excluding hydrogens is 839 g/mol. The molecule has 302 valence electrons. The number of carboxylic acid groups (broad SMARTS) is 4. The third-order valence-electron chi connectivity index (χ3n) is 8.99. The first-order valence-electron chi connectivity index (χ1n) is 17.4. The number of thioether (sulfide) groups is 1. The largest absolute Gasteiger partial charge is 0.480 e. The van der Waals surface area contributed by atoms with E-state index in [-0.39, 0.29) is 38.8 Å². The molecule has 1 fully saturated rings. The smallest absolute Gasteiger partial charge is 0.345 e. The number of carbonyl (C=O) groups is 5. The number of benzene rings is 2. The monoisotopic (exact) mass is 885 g/mol. The van der Waals surface area contributed by atoms with E-state index in [4.69, 9.17) is 30.2 Å². The molecule has 3 atom stereocenters. The van der Waals surface area contributed by atoms with E-state index in [1.54, 1.807) is 43.0 Å². The van der Waals surface area contributed by atoms with E-state index in [0.717, 1.165) is 23.5 Å². The summed E-state index contributed by atoms with van der Waals surface area (Å²) in [5.41, 5.74) is -1.62. The number of aliphatic carboxylic acids is 3. The summed E-state index contributed by atoms with van der Waals surface area (Å²) in [7, 11) is -4.31. The quantitative estimate of drug-likeness (QED) is 0.0334. The Kier molecular flexibility index (Phi) is 21.4. The Morgan fingerprint density at radius 3 is 2.00 bits per heavy atom. The van der Waals surface area contributed by atoms with Crippen LogP contribution in [0.2, 0.25) is 0 Å². The number of aromatic carboxylic acids is 1. The molecule has 13 nitrogen and oxygen atoms in total. The number of rotatable bonds is 14. The molecule has 5 N–H and O–H groups in total. The van der Waals surface area contributed by atoms with E-state index in [2.05, 4.69) is 22.9 Å². The van der Waals surface area contributed by atoms with Crippen LogP contribution in [0.5, 0.6) is 0 Å². The number of Topliss-reactive ketones (excluding diaryl/α,β-unsaturated/α-hetero) is 1. The van der Waals surface area contributed by atoms with E-state index < -0.39 is 45.3 Å². The summed E-state index contributed by atoms with van der Waals surface area (Å²) >= 11 is 5.99. The van der Waals surface area contributed by atoms with Gasteiger partial charge in [0.25, 0.3) is 10.1 Å². The van der Waals surface area contributed by atoms with Crippen LogP contribution >= 0.6 is 39.0 Å². The molecule has 0 radical (unpaired) electrons. The molecule has 1 saturated carbocycles. The average Bonchev–Trinajstić information content (AvgIpc) is 3.63. The van der Waals surface area contributed by atoms with Crippen LogP contribution in [-0.2, 0) is 29.3 Å². The zero-order chi connectivity index (χ0) is 41.9. The minimum atomic E-state index is -4.31. The molecule has 1 aliphatic rings. The predicted octanol–water partition coefficient (Wildman–Crippen LogP) is 8.88. The number of thiophene rings is 1. The van der Waals surface area contributed by atoms with Gasteiger partial charge in [-0.2, -0.15) is 13.7 Å². The normalized spacial score (nSPS) is 15.8. The van der Waals surface area contributed by atoms with Crippen molar-refractivity contribution < 1.29 is 57.4 Å². The van der Waals surface area contributed by atoms with Crippen molar-refractivity contribution >= 4 is 89.6 Å². The fourth-order valence-corrected chi connectivity index (χ4v) is 7.92. The second-order valence-corrected chi connectivity index (χ2v) is 17.6. The van der Waals surface area contributed by atoms with Gasteiger partial charge in [0.2, 0.25) is 0 Å². The van der Waals surface area contributed by atoms with Gasteiger partial charge in [-0.15, -0.1) is 23.1 Å². The Morgan fingerprint density at radius 1 is 0.964 bits per heavy atom. The van der Waals surface area contributed by atoms with Crippen LogP contribution in [0, 0.1) is 28.6 Å². The van der Waals surface area contributed by atoms with Crippen molar-refractivity contribution in [3.8, 4) is 6.07 Å². The van der Waals surface area contributed by atoms with Gasteiger partial charge < -0.3 is 20.4 Å². The van der Waals surface area contributed by atoms with Crippen LogP contribution in [0.15, 0.2) is 57.6 Å². The minimum Gasteiger partial charge on any atom is -0.480 e. The first-order valence-corrected chi connectivity index (χ1v) is 21.8. The molecular formula is C38H48BrNO12S3. The van der Waals surface area contributed by atoms with Gasteiger partial charge in [-0.25, -0.2) is 4.79 Å². The second-order valence-electron chi connectivity index (χ2n) is 12.9. The molecule has 1 aromatic heterocycles. The molecule has 0 bridgehead atoms. The molecule has 1 heterocycles. The lowest BCUT2D eigenvalue weighted by atomic mass is 9.67. The third kappa shape index (κ3) is 15.7. The van der Waals surface area contributed by atoms with Crippen LogP contribution < -0.4 is 0 Å². The van der Waals surface area contributed by atoms with E-state index in [0.29, 0.717) is 23.1 Å². The topological polar surface area (TPSA) is 244 Å². The van der Waals surface area contributed by atoms with Gasteiger partial charge in [0.15, 0.2) is 5.41 Å². The van der Waals surface area contributed by atoms with Crippen molar-refractivity contribution in [1.82, 2.24) is 0 Å². The number of unbranched alkanes of at least 4 members (excludes halogenated alkanes) is 5. The van der Waals surface area contributed by atoms with Gasteiger partial charge >= 0.3 is 23.9 Å². The van der Waals surface area contributed by atoms with Crippen LogP contribution in [0.4, 0.5) is 0 Å². The van der Waals surface area contributed by atoms with Crippen molar-refractivity contribution in [2.24, 2.45) is 17.3 Å². The van der Waals surface area contributed by atoms with Gasteiger partial charge in [-0.1, -0.05) is 92.6 Å². The van der Waals surface area contributed by atoms with Crippen molar-refractivity contribution in [3.63, 3.8) is 0 Å². The number of carboxylic acids is 4. The number of alkyl halides is 1. The highest BCUT2D eigenvalue weighted by molar-refractivity contribution is 9.10. The average molecular weight is 887 g/mol. The third-order valence-corrected chi connectivity index (χ3v) is 12.9. The van der Waals surface area contributed by atoms with Crippen LogP contribution in [-0.4, -0.2) is 74.1 Å². The highest BCUT2D eigenvalue weighted by Gasteiger charge is 2.50. The van der Waals surface area contributed by atoms with E-state index in [1.807, 2.05) is 18.4 Å². The fourth-order valence-electron chi connectivity index (χ4n) is 5.48. The van der Waals surface area contributed by atoms with Crippen molar-refractivity contribution in [2.75, 3.05) is 6.26 Å². The lowest BCUT2D eigenvalue weighted by Crippen LogP contribution is -2.46. The number of nitrogens with zero attached hydrogens (tertiary/aromatic N) is 1. The molecule has 17 heteroatoms. The number of fused-ring (bicyclic) bond motifs is 1. The summed E-state index contributed by atoms with van der Waals surface area (Å²) in [5, 5.41) is 44.9. The Bertz CT molecular complexity index is 1900. The van der Waals surface area contributed by atoms with Crippen molar-refractivity contribution in [3.05, 3.63) is 59.0 Å². The number of nitriles is 1. The Balaban J connectivity index is 0.000000372. The van der Waals surface area contributed by atoms with Crippen LogP contribution in [0.3, 0.4) is 0 Å². The number of ketones is 1. The molecule has 4 rings (SSSR count). The Morgan fingerprint density at radius 2 is 1.55 bits per heavy atom. The lowest BCUT2D eigenvalue weighted by molar-refractivity contribution is -0.169. The number of hydrogen-bond acceptors (Lipinski definition) is 10. The van der Waals surface area contributed by atoms with Gasteiger partial charge in [0.1, 0.15) is 20.4 Å². The van der Waals surface area contributed by atoms with Crippen LogP contribution in [0.1, 0.15) is 100 Å². The first-order chi connectivity index (χ1) is 25.8. The maximum atomic E-state index is 11.5. The van der Waals surface area contributed by atoms with Gasteiger partial charge in [-0.3, -0.25) is 23.7 Å². The maximum absolute atomic E-state index is 11.5. The SMILES string of the molecule is CC1CCC(C(C)(C(=O)O)C(=O)O)CC1=O.CCCCCCCCC(Br)C(=O)O.CSc1ccc(C(=O)O)s1.N#Cc1cccc2cccc(S(=O)(=O)O)c12. The lowest BCUT2D eigenvalue weighted by Gasteiger charge is -2.34. The summed E-state index contributed by atoms with van der Waals surface area (Å²) in [4.78, 5) is 54.2. The number of carbonyl (C=O) groups excluding carboxylic acids is 1. The highest BCUT2D eigenvalue weighted by Crippen LogP contribution is 2.39. The van der Waals surface area contributed by atoms with Crippen molar-refractivity contribution in [2.45, 2.75) is 98.9 Å². The fraction of sp³-hybridized carbons (Fsp3) is 0.474. The van der Waals surface area contributed by atoms with Crippen molar-refractivity contribution in [1.29, 1.82) is 5.26 Å². The number of halogens is 1. The molecule has 0 spiro atoms. The zero-order valence-electron chi connectivity index (χ0n) is 31.1. The summed E-state index contributed by atoms with van der Waals surface area (Å²) in [6, 6.07) is 14.7. The Hall–Kier alpha value is -3.82. The molecule has 1 aliphatic carbocycles. The number of hydrogen-bond donors (Lipinski definition) is 5. The zero-order valence-corrected chi connectivity index (χ0v) is 35.1. The second kappa shape index (κ2) is 24.0. The molecule has 3 unspecified atom stereocenters. The van der Waals surface area contributed by atoms with E-state index in [9.17, 15) is 32.4 Å². The summed E-state index contributed by atoms with van der Waals surface area (Å²) in [6.07, 6.45) is 11.1. The molecule has 3 aromatic rings. The molecule has 55 heavy (non-hydrogen) atoms. The summed E-state index contributed by atoms with van der Waals surface area (Å²) in [6.45, 7) is 5.17. The standard InChI is InChI=1S/C11H7NO3S.C11H16O5.C10H19BrO2.C6H6O2S2/c12-7-9-5-1-3-8-4-2-6-10(11(8)9)16(13,14)15;1-6-3-4-7(5-8(6)12)11(2,9(13)14)10(15)16;1-2-3-4-5-6-7-8-9(11)10(12)13;1-9-5-3-2-4(10-5)6(7)8/h1-6H,(H,13,14,15);6-7H,3-5H2,1-2H3,(H,13,14)(H,15,16);9H,2-8H2,1H3,(H,12,13);2-3H,1H3,(H,7,8). The van der Waals surface area contributed by atoms with Gasteiger partial charge in [-0.05, 0) is 68.0 Å². The predicted molar refractivity (Wildman–Crippen MR) is 215 cm³/mol. The molecule has 0 aliphatic heterocycles. The van der Waals surface area contributed by atoms with Crippen LogP contribution in [0.25, 0.3) is 10.8 Å². The van der Waals surface area contributed by atoms with E-state index >= 15 is 0 Å². The maximum Gasteiger partial charge on any atom is 0.345 e. The van der Waals surface area contributed by atoms with E-state index in [1.165, 1.54) is 62.1 Å². The minimum absolute atomic E-state index is 0.0371. The molecule has 0 saturated heterocycles. The first kappa shape index (κ1) is 49.2. The Labute approximate surface area is 338 Å². The van der Waals surface area contributed by atoms with Gasteiger partial charge in [0.05, 0.1) is 15.8 Å². The summed E-state index contributed by atoms with van der Waals surface area (Å²) < 4.78 is 32.4. The molecule has 0 amide bonds.